The minimum atomic E-state index is 0.173. The Morgan fingerprint density at radius 3 is 2.88 bits per heavy atom. The van der Waals surface area contributed by atoms with Crippen LogP contribution in [0.2, 0.25) is 0 Å². The van der Waals surface area contributed by atoms with Gasteiger partial charge in [0, 0.05) is 49.1 Å². The monoisotopic (exact) mass is 451 g/mol. The lowest BCUT2D eigenvalue weighted by molar-refractivity contribution is -0.140. The second-order valence-electron chi connectivity index (χ2n) is 8.78. The molecule has 9 nitrogen and oxygen atoms in total. The van der Waals surface area contributed by atoms with Crippen molar-refractivity contribution in [1.29, 1.82) is 0 Å². The van der Waals surface area contributed by atoms with Gasteiger partial charge in [0.1, 0.15) is 6.10 Å². The zero-order chi connectivity index (χ0) is 21.4. The third kappa shape index (κ3) is 4.05. The molecule has 6 rings (SSSR count). The summed E-state index contributed by atoms with van der Waals surface area (Å²) in [5.74, 6) is 0.574. The minimum Gasteiger partial charge on any atom is -0.460 e. The lowest BCUT2D eigenvalue weighted by Gasteiger charge is -2.45. The van der Waals surface area contributed by atoms with E-state index < -0.39 is 0 Å². The van der Waals surface area contributed by atoms with Crippen LogP contribution in [0.25, 0.3) is 10.6 Å². The molecular formula is C22H25N7O2S. The molecule has 2 N–H and O–H groups in total. The van der Waals surface area contributed by atoms with Crippen LogP contribution in [-0.4, -0.2) is 50.8 Å². The fourth-order valence-corrected chi connectivity index (χ4v) is 5.31. The Kier molecular flexibility index (Phi) is 5.20. The standard InChI is InChI=1S/C22H25N7O2S/c1-5-22(12-30-13-22)6-2-15(1)31-20-24-8-4-17(28-20)18-11-26-21(32-18)29-19-25-10-14-9-23-7-3-16(14)27-19/h4,8,10-11,15,23H,1-3,5-7,9,12-13H2,(H,25,26,27,29). The summed E-state index contributed by atoms with van der Waals surface area (Å²) in [5.41, 5.74) is 3.46. The lowest BCUT2D eigenvalue weighted by atomic mass is 9.72. The topological polar surface area (TPSA) is 107 Å². The molecule has 166 valence electrons. The van der Waals surface area contributed by atoms with Gasteiger partial charge in [-0.1, -0.05) is 11.3 Å². The Labute approximate surface area is 190 Å². The largest absolute Gasteiger partial charge is 0.460 e. The van der Waals surface area contributed by atoms with E-state index in [1.807, 2.05) is 18.5 Å². The zero-order valence-corrected chi connectivity index (χ0v) is 18.5. The number of ether oxygens (including phenoxy) is 2. The summed E-state index contributed by atoms with van der Waals surface area (Å²) in [4.78, 5) is 23.4. The molecular weight excluding hydrogens is 426 g/mol. The van der Waals surface area contributed by atoms with E-state index in [2.05, 4.69) is 35.6 Å². The molecule has 1 saturated heterocycles. The summed E-state index contributed by atoms with van der Waals surface area (Å²) < 4.78 is 11.5. The van der Waals surface area contributed by atoms with E-state index in [0.717, 1.165) is 85.4 Å². The van der Waals surface area contributed by atoms with Crippen molar-refractivity contribution in [3.05, 3.63) is 35.9 Å². The maximum atomic E-state index is 6.12. The van der Waals surface area contributed by atoms with Crippen LogP contribution in [0.4, 0.5) is 11.1 Å². The smallest absolute Gasteiger partial charge is 0.317 e. The normalized spacial score (nSPS) is 19.9. The van der Waals surface area contributed by atoms with Crippen LogP contribution in [0.1, 0.15) is 36.9 Å². The molecule has 1 aliphatic carbocycles. The predicted molar refractivity (Wildman–Crippen MR) is 120 cm³/mol. The number of nitrogens with one attached hydrogen (secondary N) is 2. The summed E-state index contributed by atoms with van der Waals surface area (Å²) in [5, 5.41) is 7.29. The number of hydrogen-bond donors (Lipinski definition) is 2. The molecule has 1 saturated carbocycles. The Morgan fingerprint density at radius 2 is 2.03 bits per heavy atom. The summed E-state index contributed by atoms with van der Waals surface area (Å²) in [6, 6.07) is 2.32. The predicted octanol–water partition coefficient (Wildman–Crippen LogP) is 3.12. The average molecular weight is 452 g/mol. The van der Waals surface area contributed by atoms with E-state index in [-0.39, 0.29) is 6.10 Å². The first-order valence-electron chi connectivity index (χ1n) is 11.1. The number of hydrogen-bond acceptors (Lipinski definition) is 10. The fourth-order valence-electron chi connectivity index (χ4n) is 4.53. The maximum Gasteiger partial charge on any atom is 0.317 e. The quantitative estimate of drug-likeness (QED) is 0.605. The van der Waals surface area contributed by atoms with Crippen LogP contribution in [0.5, 0.6) is 6.01 Å². The molecule has 0 atom stereocenters. The van der Waals surface area contributed by atoms with Gasteiger partial charge in [0.25, 0.3) is 0 Å². The van der Waals surface area contributed by atoms with Crippen molar-refractivity contribution >= 4 is 22.4 Å². The van der Waals surface area contributed by atoms with Crippen LogP contribution in [0.15, 0.2) is 24.7 Å². The molecule has 3 aliphatic rings. The molecule has 2 aliphatic heterocycles. The molecule has 0 unspecified atom stereocenters. The van der Waals surface area contributed by atoms with E-state index in [1.165, 1.54) is 11.3 Å². The molecule has 0 aromatic carbocycles. The van der Waals surface area contributed by atoms with Gasteiger partial charge in [-0.15, -0.1) is 0 Å². The second-order valence-corrected chi connectivity index (χ2v) is 9.81. The van der Waals surface area contributed by atoms with E-state index >= 15 is 0 Å². The molecule has 10 heteroatoms. The van der Waals surface area contributed by atoms with Gasteiger partial charge in [-0.2, -0.15) is 4.98 Å². The summed E-state index contributed by atoms with van der Waals surface area (Å²) in [6.45, 7) is 3.58. The first-order valence-corrected chi connectivity index (χ1v) is 11.9. The van der Waals surface area contributed by atoms with Crippen molar-refractivity contribution in [3.63, 3.8) is 0 Å². The Bertz CT molecular complexity index is 1110. The van der Waals surface area contributed by atoms with E-state index in [0.29, 0.717) is 17.4 Å². The zero-order valence-electron chi connectivity index (χ0n) is 17.7. The third-order valence-electron chi connectivity index (χ3n) is 6.50. The van der Waals surface area contributed by atoms with Gasteiger partial charge in [-0.3, -0.25) is 0 Å². The molecule has 0 bridgehead atoms. The molecule has 32 heavy (non-hydrogen) atoms. The van der Waals surface area contributed by atoms with Crippen molar-refractivity contribution in [1.82, 2.24) is 30.2 Å². The van der Waals surface area contributed by atoms with Gasteiger partial charge in [0.15, 0.2) is 5.13 Å². The van der Waals surface area contributed by atoms with Gasteiger partial charge >= 0.3 is 6.01 Å². The van der Waals surface area contributed by atoms with Crippen LogP contribution < -0.4 is 15.4 Å². The number of rotatable bonds is 5. The number of aromatic nitrogens is 5. The van der Waals surface area contributed by atoms with E-state index in [1.54, 1.807) is 6.20 Å². The highest BCUT2D eigenvalue weighted by atomic mass is 32.1. The maximum absolute atomic E-state index is 6.12. The first kappa shape index (κ1) is 20.0. The SMILES string of the molecule is c1cc(-c2cnc(Nc3ncc4c(n3)CCNC4)s2)nc(OC2CCC3(CC2)COC3)n1. The molecule has 2 fully saturated rings. The van der Waals surface area contributed by atoms with Gasteiger partial charge in [-0.05, 0) is 31.7 Å². The number of thiazole rings is 1. The molecule has 0 radical (unpaired) electrons. The molecule has 5 heterocycles. The highest BCUT2D eigenvalue weighted by Gasteiger charge is 2.42. The summed E-state index contributed by atoms with van der Waals surface area (Å²) in [6.07, 6.45) is 10.9. The Hall–Kier alpha value is -2.69. The minimum absolute atomic E-state index is 0.173. The highest BCUT2D eigenvalue weighted by Crippen LogP contribution is 2.43. The molecule has 3 aromatic heterocycles. The number of fused-ring (bicyclic) bond motifs is 1. The molecule has 3 aromatic rings. The van der Waals surface area contributed by atoms with Gasteiger partial charge < -0.3 is 20.1 Å². The van der Waals surface area contributed by atoms with E-state index in [9.17, 15) is 0 Å². The van der Waals surface area contributed by atoms with Crippen molar-refractivity contribution in [3.8, 4) is 16.6 Å². The van der Waals surface area contributed by atoms with Crippen molar-refractivity contribution in [2.75, 3.05) is 25.1 Å². The lowest BCUT2D eigenvalue weighted by Crippen LogP contribution is -2.46. The van der Waals surface area contributed by atoms with Crippen LogP contribution >= 0.6 is 11.3 Å². The highest BCUT2D eigenvalue weighted by molar-refractivity contribution is 7.18. The van der Waals surface area contributed by atoms with E-state index in [4.69, 9.17) is 9.47 Å². The Morgan fingerprint density at radius 1 is 1.12 bits per heavy atom. The molecule has 1 spiro atoms. The van der Waals surface area contributed by atoms with Crippen molar-refractivity contribution < 1.29 is 9.47 Å². The number of anilines is 2. The van der Waals surface area contributed by atoms with Crippen LogP contribution in [0, 0.1) is 5.41 Å². The molecule has 0 amide bonds. The van der Waals surface area contributed by atoms with Crippen LogP contribution in [-0.2, 0) is 17.7 Å². The summed E-state index contributed by atoms with van der Waals surface area (Å²) in [7, 11) is 0. The van der Waals surface area contributed by atoms with Gasteiger partial charge in [0.2, 0.25) is 5.95 Å². The third-order valence-corrected chi connectivity index (χ3v) is 7.44. The van der Waals surface area contributed by atoms with Crippen LogP contribution in [0.3, 0.4) is 0 Å². The fraction of sp³-hybridized carbons (Fsp3) is 0.500. The second kappa shape index (κ2) is 8.34. The average Bonchev–Trinajstić information content (AvgIpc) is 3.27. The summed E-state index contributed by atoms with van der Waals surface area (Å²) >= 11 is 1.51. The first-order chi connectivity index (χ1) is 15.7. The van der Waals surface area contributed by atoms with Crippen molar-refractivity contribution in [2.24, 2.45) is 5.41 Å². The van der Waals surface area contributed by atoms with Gasteiger partial charge in [0.05, 0.1) is 29.5 Å². The number of nitrogens with zero attached hydrogens (tertiary/aromatic N) is 5. The van der Waals surface area contributed by atoms with Gasteiger partial charge in [-0.25, -0.2) is 19.9 Å². The Balaban J connectivity index is 1.12. The van der Waals surface area contributed by atoms with Crippen molar-refractivity contribution in [2.45, 2.75) is 44.8 Å².